The van der Waals surface area contributed by atoms with E-state index in [1.54, 1.807) is 0 Å². The molecule has 114 valence electrons. The molecule has 0 bridgehead atoms. The molecule has 0 aromatic carbocycles. The Labute approximate surface area is 125 Å². The van der Waals surface area contributed by atoms with Gasteiger partial charge in [0.15, 0.2) is 0 Å². The minimum absolute atomic E-state index is 0.229. The summed E-state index contributed by atoms with van der Waals surface area (Å²) in [6.45, 7) is 4.54. The van der Waals surface area contributed by atoms with Crippen molar-refractivity contribution in [1.82, 2.24) is 14.9 Å². The number of nitrogens with zero attached hydrogens (tertiary/aromatic N) is 2. The molecule has 4 rings (SSSR count). The second-order valence-electron chi connectivity index (χ2n) is 6.93. The van der Waals surface area contributed by atoms with Crippen molar-refractivity contribution in [2.75, 3.05) is 13.2 Å². The molecule has 1 saturated heterocycles. The van der Waals surface area contributed by atoms with E-state index < -0.39 is 0 Å². The first-order valence-corrected chi connectivity index (χ1v) is 8.07. The Morgan fingerprint density at radius 2 is 2.29 bits per heavy atom. The van der Waals surface area contributed by atoms with Gasteiger partial charge in [-0.2, -0.15) is 0 Å². The molecule has 3 aliphatic rings. The third-order valence-corrected chi connectivity index (χ3v) is 5.45. The lowest BCUT2D eigenvalue weighted by atomic mass is 9.93. The molecule has 1 spiro atoms. The number of nitrogens with one attached hydrogen (secondary N) is 1. The summed E-state index contributed by atoms with van der Waals surface area (Å²) in [6.07, 6.45) is 7.23. The molecule has 1 saturated carbocycles. The van der Waals surface area contributed by atoms with Crippen LogP contribution in [0.15, 0.2) is 6.20 Å². The first kappa shape index (κ1) is 13.3. The Kier molecular flexibility index (Phi) is 3.06. The predicted octanol–water partition coefficient (Wildman–Crippen LogP) is 1.44. The second-order valence-corrected chi connectivity index (χ2v) is 6.93. The van der Waals surface area contributed by atoms with E-state index in [-0.39, 0.29) is 23.3 Å². The number of hydrogen-bond acceptors (Lipinski definition) is 3. The third-order valence-electron chi connectivity index (χ3n) is 5.45. The SMILES string of the molecule is Cc1cn2c(n1)CC[C@@H](NC(=O)[C@@H]1CC13CCOCC3)C2. The quantitative estimate of drug-likeness (QED) is 0.896. The number of aromatic nitrogens is 2. The van der Waals surface area contributed by atoms with Crippen LogP contribution in [0.2, 0.25) is 0 Å². The van der Waals surface area contributed by atoms with E-state index in [1.807, 2.05) is 6.92 Å². The minimum atomic E-state index is 0.229. The Hall–Kier alpha value is -1.36. The Bertz CT molecular complexity index is 560. The first-order valence-electron chi connectivity index (χ1n) is 8.07. The van der Waals surface area contributed by atoms with Crippen molar-refractivity contribution in [2.24, 2.45) is 11.3 Å². The smallest absolute Gasteiger partial charge is 0.223 e. The first-order chi connectivity index (χ1) is 10.2. The highest BCUT2D eigenvalue weighted by Gasteiger charge is 2.58. The minimum Gasteiger partial charge on any atom is -0.381 e. The van der Waals surface area contributed by atoms with Gasteiger partial charge in [0.2, 0.25) is 5.91 Å². The summed E-state index contributed by atoms with van der Waals surface area (Å²) < 4.78 is 7.62. The van der Waals surface area contributed by atoms with Crippen molar-refractivity contribution in [1.29, 1.82) is 0 Å². The topological polar surface area (TPSA) is 56.2 Å². The average Bonchev–Trinajstić information content (AvgIpc) is 3.02. The molecule has 3 heterocycles. The van der Waals surface area contributed by atoms with Crippen LogP contribution in [0.4, 0.5) is 0 Å². The monoisotopic (exact) mass is 289 g/mol. The third kappa shape index (κ3) is 2.37. The average molecular weight is 289 g/mol. The molecule has 2 atom stereocenters. The molecule has 5 heteroatoms. The molecule has 21 heavy (non-hydrogen) atoms. The van der Waals surface area contributed by atoms with Crippen LogP contribution in [0.25, 0.3) is 0 Å². The highest BCUT2D eigenvalue weighted by atomic mass is 16.5. The molecule has 1 aliphatic carbocycles. The van der Waals surface area contributed by atoms with Crippen LogP contribution in [0, 0.1) is 18.3 Å². The van der Waals surface area contributed by atoms with Crippen LogP contribution in [0.3, 0.4) is 0 Å². The second kappa shape index (κ2) is 4.83. The number of ether oxygens (including phenoxy) is 1. The molecule has 1 amide bonds. The van der Waals surface area contributed by atoms with Crippen LogP contribution < -0.4 is 5.32 Å². The fourth-order valence-corrected chi connectivity index (χ4v) is 4.05. The number of rotatable bonds is 2. The van der Waals surface area contributed by atoms with E-state index in [2.05, 4.69) is 21.1 Å². The zero-order chi connectivity index (χ0) is 14.4. The van der Waals surface area contributed by atoms with Gasteiger partial charge in [0.05, 0.1) is 5.69 Å². The Morgan fingerprint density at radius 3 is 3.10 bits per heavy atom. The molecule has 2 fully saturated rings. The van der Waals surface area contributed by atoms with Gasteiger partial charge in [-0.05, 0) is 38.0 Å². The van der Waals surface area contributed by atoms with Crippen LogP contribution in [-0.4, -0.2) is 34.7 Å². The number of imidazole rings is 1. The summed E-state index contributed by atoms with van der Waals surface area (Å²) in [5, 5.41) is 3.27. The number of hydrogen-bond donors (Lipinski definition) is 1. The molecule has 0 unspecified atom stereocenters. The highest BCUT2D eigenvalue weighted by Crippen LogP contribution is 2.59. The zero-order valence-corrected chi connectivity index (χ0v) is 12.6. The number of carbonyl (C=O) groups excluding carboxylic acids is 1. The maximum Gasteiger partial charge on any atom is 0.223 e. The lowest BCUT2D eigenvalue weighted by Crippen LogP contribution is -2.42. The van der Waals surface area contributed by atoms with Gasteiger partial charge in [0, 0.05) is 44.3 Å². The largest absolute Gasteiger partial charge is 0.381 e. The molecular weight excluding hydrogens is 266 g/mol. The van der Waals surface area contributed by atoms with Gasteiger partial charge in [0.1, 0.15) is 5.82 Å². The summed E-state index contributed by atoms with van der Waals surface area (Å²) in [7, 11) is 0. The Morgan fingerprint density at radius 1 is 1.48 bits per heavy atom. The summed E-state index contributed by atoms with van der Waals surface area (Å²) in [4.78, 5) is 17.0. The molecule has 5 nitrogen and oxygen atoms in total. The number of aryl methyl sites for hydroxylation is 2. The number of carbonyl (C=O) groups is 1. The predicted molar refractivity (Wildman–Crippen MR) is 77.8 cm³/mol. The van der Waals surface area contributed by atoms with Gasteiger partial charge >= 0.3 is 0 Å². The van der Waals surface area contributed by atoms with E-state index in [0.717, 1.165) is 63.4 Å². The van der Waals surface area contributed by atoms with Gasteiger partial charge in [-0.1, -0.05) is 0 Å². The van der Waals surface area contributed by atoms with Gasteiger partial charge in [-0.3, -0.25) is 4.79 Å². The van der Waals surface area contributed by atoms with E-state index in [9.17, 15) is 4.79 Å². The lowest BCUT2D eigenvalue weighted by molar-refractivity contribution is -0.124. The van der Waals surface area contributed by atoms with Crippen molar-refractivity contribution in [3.8, 4) is 0 Å². The van der Waals surface area contributed by atoms with Crippen molar-refractivity contribution in [3.63, 3.8) is 0 Å². The number of amides is 1. The fourth-order valence-electron chi connectivity index (χ4n) is 4.05. The van der Waals surface area contributed by atoms with Gasteiger partial charge in [-0.25, -0.2) is 4.98 Å². The molecule has 0 radical (unpaired) electrons. The normalized spacial score (nSPS) is 30.0. The summed E-state index contributed by atoms with van der Waals surface area (Å²) >= 11 is 0. The van der Waals surface area contributed by atoms with Crippen LogP contribution in [0.1, 0.15) is 37.2 Å². The molecule has 1 aromatic heterocycles. The van der Waals surface area contributed by atoms with Crippen LogP contribution in [-0.2, 0) is 22.5 Å². The Balaban J connectivity index is 1.36. The van der Waals surface area contributed by atoms with Crippen molar-refractivity contribution >= 4 is 5.91 Å². The zero-order valence-electron chi connectivity index (χ0n) is 12.6. The molecule has 1 aromatic rings. The maximum absolute atomic E-state index is 12.5. The lowest BCUT2D eigenvalue weighted by Gasteiger charge is -2.26. The fraction of sp³-hybridized carbons (Fsp3) is 0.750. The maximum atomic E-state index is 12.5. The molecule has 1 N–H and O–H groups in total. The van der Waals surface area contributed by atoms with Gasteiger partial charge in [-0.15, -0.1) is 0 Å². The van der Waals surface area contributed by atoms with Crippen molar-refractivity contribution in [3.05, 3.63) is 17.7 Å². The van der Waals surface area contributed by atoms with E-state index in [1.165, 1.54) is 0 Å². The van der Waals surface area contributed by atoms with Crippen molar-refractivity contribution in [2.45, 2.75) is 51.6 Å². The van der Waals surface area contributed by atoms with Crippen LogP contribution in [0.5, 0.6) is 0 Å². The van der Waals surface area contributed by atoms with E-state index in [4.69, 9.17) is 4.74 Å². The van der Waals surface area contributed by atoms with Crippen LogP contribution >= 0.6 is 0 Å². The van der Waals surface area contributed by atoms with E-state index >= 15 is 0 Å². The van der Waals surface area contributed by atoms with Gasteiger partial charge in [0.25, 0.3) is 0 Å². The summed E-state index contributed by atoms with van der Waals surface area (Å²) in [5.41, 5.74) is 1.34. The summed E-state index contributed by atoms with van der Waals surface area (Å²) in [5.74, 6) is 1.65. The standard InChI is InChI=1S/C16H23N3O2/c1-11-9-19-10-12(2-3-14(19)17-11)18-15(20)13-8-16(13)4-6-21-7-5-16/h9,12-13H,2-8,10H2,1H3,(H,18,20)/t12-,13+/m1/s1. The highest BCUT2D eigenvalue weighted by molar-refractivity contribution is 5.82. The van der Waals surface area contributed by atoms with E-state index in [0.29, 0.717) is 0 Å². The number of fused-ring (bicyclic) bond motifs is 1. The van der Waals surface area contributed by atoms with Gasteiger partial charge < -0.3 is 14.6 Å². The molecule has 2 aliphatic heterocycles. The summed E-state index contributed by atoms with van der Waals surface area (Å²) in [6, 6.07) is 0.260. The molecular formula is C16H23N3O2. The van der Waals surface area contributed by atoms with Crippen molar-refractivity contribution < 1.29 is 9.53 Å².